The molecule has 1 unspecified atom stereocenters. The van der Waals surface area contributed by atoms with Crippen LogP contribution in [0.5, 0.6) is 5.75 Å². The van der Waals surface area contributed by atoms with Gasteiger partial charge in [0.25, 0.3) is 0 Å². The Labute approximate surface area is 131 Å². The molecule has 0 saturated carbocycles. The first-order valence-corrected chi connectivity index (χ1v) is 7.55. The van der Waals surface area contributed by atoms with Gasteiger partial charge in [0.2, 0.25) is 5.91 Å². The maximum atomic E-state index is 13.0. The second-order valence-electron chi connectivity index (χ2n) is 4.93. The maximum Gasteiger partial charge on any atom is 0.247 e. The molecular formula is C16H13FN2O2S. The molecule has 0 radical (unpaired) electrons. The van der Waals surface area contributed by atoms with Crippen LogP contribution in [0.3, 0.4) is 0 Å². The number of aromatic hydroxyl groups is 1. The number of hydrogen-bond donors (Lipinski definition) is 2. The number of hydrogen-bond acceptors (Lipinski definition) is 4. The summed E-state index contributed by atoms with van der Waals surface area (Å²) in [6.07, 6.45) is 0.476. The Balaban J connectivity index is 1.79. The third-order valence-corrected chi connectivity index (χ3v) is 4.45. The van der Waals surface area contributed by atoms with E-state index in [1.165, 1.54) is 40.9 Å². The van der Waals surface area contributed by atoms with E-state index < -0.39 is 0 Å². The highest BCUT2D eigenvalue weighted by Gasteiger charge is 2.37. The van der Waals surface area contributed by atoms with Gasteiger partial charge < -0.3 is 5.11 Å². The average Bonchev–Trinajstić information content (AvgIpc) is 2.77. The number of nitrogens with zero attached hydrogens (tertiary/aromatic N) is 1. The molecule has 4 nitrogen and oxygen atoms in total. The molecule has 22 heavy (non-hydrogen) atoms. The van der Waals surface area contributed by atoms with Crippen LogP contribution in [0.2, 0.25) is 0 Å². The van der Waals surface area contributed by atoms with Crippen LogP contribution in [0, 0.1) is 11.2 Å². The molecule has 2 aromatic rings. The summed E-state index contributed by atoms with van der Waals surface area (Å²) >= 11 is 1.18. The van der Waals surface area contributed by atoms with Gasteiger partial charge in [-0.25, -0.2) is 4.39 Å². The molecule has 1 aliphatic rings. The Morgan fingerprint density at radius 3 is 2.41 bits per heavy atom. The largest absolute Gasteiger partial charge is 0.508 e. The summed E-state index contributed by atoms with van der Waals surface area (Å²) in [7, 11) is 0. The van der Waals surface area contributed by atoms with Crippen molar-refractivity contribution in [3.63, 3.8) is 0 Å². The molecule has 2 aromatic carbocycles. The van der Waals surface area contributed by atoms with E-state index in [1.54, 1.807) is 24.3 Å². The van der Waals surface area contributed by atoms with Crippen LogP contribution in [-0.4, -0.2) is 21.4 Å². The Hall–Kier alpha value is -2.34. The van der Waals surface area contributed by atoms with E-state index in [0.29, 0.717) is 12.1 Å². The number of thioether (sulfide) groups is 1. The molecule has 2 N–H and O–H groups in total. The minimum absolute atomic E-state index is 0.139. The van der Waals surface area contributed by atoms with Crippen LogP contribution in [0.25, 0.3) is 0 Å². The number of nitrogens with one attached hydrogen (secondary N) is 1. The molecule has 1 heterocycles. The van der Waals surface area contributed by atoms with Gasteiger partial charge in [0.1, 0.15) is 11.6 Å². The summed E-state index contributed by atoms with van der Waals surface area (Å²) in [6.45, 7) is 0. The number of carbonyl (C=O) groups is 1. The van der Waals surface area contributed by atoms with E-state index in [1.807, 2.05) is 0 Å². The van der Waals surface area contributed by atoms with Gasteiger partial charge in [-0.2, -0.15) is 0 Å². The molecule has 112 valence electrons. The van der Waals surface area contributed by atoms with Gasteiger partial charge in [-0.15, -0.1) is 0 Å². The van der Waals surface area contributed by atoms with E-state index in [2.05, 4.69) is 0 Å². The first-order chi connectivity index (χ1) is 10.5. The van der Waals surface area contributed by atoms with Gasteiger partial charge >= 0.3 is 0 Å². The number of phenols is 1. The molecular weight excluding hydrogens is 303 g/mol. The molecule has 3 rings (SSSR count). The van der Waals surface area contributed by atoms with E-state index >= 15 is 0 Å². The minimum atomic E-state index is -0.387. The van der Waals surface area contributed by atoms with Gasteiger partial charge in [-0.05, 0) is 48.4 Å². The number of benzene rings is 2. The molecule has 1 atom stereocenters. The lowest BCUT2D eigenvalue weighted by Gasteiger charge is -2.15. The summed E-state index contributed by atoms with van der Waals surface area (Å²) < 4.78 is 13.0. The van der Waals surface area contributed by atoms with Crippen LogP contribution in [-0.2, 0) is 11.2 Å². The van der Waals surface area contributed by atoms with Crippen LogP contribution in [0.15, 0.2) is 48.5 Å². The van der Waals surface area contributed by atoms with E-state index in [-0.39, 0.29) is 27.9 Å². The Morgan fingerprint density at radius 2 is 1.77 bits per heavy atom. The quantitative estimate of drug-likeness (QED) is 0.914. The molecule has 1 amide bonds. The summed E-state index contributed by atoms with van der Waals surface area (Å²) in [4.78, 5) is 13.8. The highest BCUT2D eigenvalue weighted by atomic mass is 32.2. The van der Waals surface area contributed by atoms with Crippen molar-refractivity contribution >= 4 is 28.5 Å². The van der Waals surface area contributed by atoms with Gasteiger partial charge in [-0.3, -0.25) is 15.1 Å². The number of amides is 1. The van der Waals surface area contributed by atoms with Crippen molar-refractivity contribution in [2.75, 3.05) is 4.90 Å². The number of anilines is 1. The fraction of sp³-hybridized carbons (Fsp3) is 0.125. The average molecular weight is 316 g/mol. The van der Waals surface area contributed by atoms with Gasteiger partial charge in [-0.1, -0.05) is 23.9 Å². The molecule has 1 aliphatic heterocycles. The lowest BCUT2D eigenvalue weighted by atomic mass is 10.1. The highest BCUT2D eigenvalue weighted by Crippen LogP contribution is 2.33. The normalized spacial score (nSPS) is 18.0. The second kappa shape index (κ2) is 5.81. The van der Waals surface area contributed by atoms with E-state index in [4.69, 9.17) is 5.41 Å². The second-order valence-corrected chi connectivity index (χ2v) is 6.12. The smallest absolute Gasteiger partial charge is 0.247 e. The summed E-state index contributed by atoms with van der Waals surface area (Å²) in [5, 5.41) is 17.0. The number of rotatable bonds is 3. The third kappa shape index (κ3) is 2.82. The predicted molar refractivity (Wildman–Crippen MR) is 84.8 cm³/mol. The van der Waals surface area contributed by atoms with Crippen molar-refractivity contribution in [3.8, 4) is 5.75 Å². The minimum Gasteiger partial charge on any atom is -0.508 e. The van der Waals surface area contributed by atoms with Crippen molar-refractivity contribution in [1.29, 1.82) is 5.41 Å². The zero-order valence-electron chi connectivity index (χ0n) is 11.5. The zero-order valence-corrected chi connectivity index (χ0v) is 12.3. The van der Waals surface area contributed by atoms with Gasteiger partial charge in [0, 0.05) is 0 Å². The standard InChI is InChI=1S/C16H13FN2O2S/c17-11-3-5-12(6-4-11)19-15(21)14(22-16(19)18)9-10-1-7-13(20)8-2-10/h1-8,14,18,20H,9H2. The van der Waals surface area contributed by atoms with Crippen LogP contribution >= 0.6 is 11.8 Å². The molecule has 1 saturated heterocycles. The molecule has 1 fully saturated rings. The Morgan fingerprint density at radius 1 is 1.14 bits per heavy atom. The first kappa shape index (κ1) is 14.6. The molecule has 0 aliphatic carbocycles. The maximum absolute atomic E-state index is 13.0. The molecule has 0 bridgehead atoms. The van der Waals surface area contributed by atoms with Crippen molar-refractivity contribution in [2.24, 2.45) is 0 Å². The highest BCUT2D eigenvalue weighted by molar-refractivity contribution is 8.16. The topological polar surface area (TPSA) is 64.4 Å². The fourth-order valence-electron chi connectivity index (χ4n) is 2.29. The van der Waals surface area contributed by atoms with Crippen LogP contribution in [0.4, 0.5) is 10.1 Å². The Bertz CT molecular complexity index is 716. The monoisotopic (exact) mass is 316 g/mol. The number of amidine groups is 1. The van der Waals surface area contributed by atoms with E-state index in [0.717, 1.165) is 5.56 Å². The zero-order chi connectivity index (χ0) is 15.7. The summed E-state index contributed by atoms with van der Waals surface area (Å²) in [5.41, 5.74) is 1.41. The summed E-state index contributed by atoms with van der Waals surface area (Å²) in [5.74, 6) is -0.389. The van der Waals surface area contributed by atoms with Crippen molar-refractivity contribution in [1.82, 2.24) is 0 Å². The lowest BCUT2D eigenvalue weighted by molar-refractivity contribution is -0.116. The number of carbonyl (C=O) groups excluding carboxylic acids is 1. The van der Waals surface area contributed by atoms with Crippen molar-refractivity contribution in [3.05, 3.63) is 59.9 Å². The number of phenolic OH excluding ortho intramolecular Hbond substituents is 1. The van der Waals surface area contributed by atoms with Crippen LogP contribution < -0.4 is 4.90 Å². The van der Waals surface area contributed by atoms with Gasteiger partial charge in [0.05, 0.1) is 10.9 Å². The number of halogens is 1. The third-order valence-electron chi connectivity index (χ3n) is 3.40. The summed E-state index contributed by atoms with van der Waals surface area (Å²) in [6, 6.07) is 12.2. The van der Waals surface area contributed by atoms with Crippen molar-refractivity contribution in [2.45, 2.75) is 11.7 Å². The van der Waals surface area contributed by atoms with Crippen LogP contribution in [0.1, 0.15) is 5.56 Å². The SMILES string of the molecule is N=C1SC(Cc2ccc(O)cc2)C(=O)N1c1ccc(F)cc1. The van der Waals surface area contributed by atoms with Gasteiger partial charge in [0.15, 0.2) is 5.17 Å². The lowest BCUT2D eigenvalue weighted by Crippen LogP contribution is -2.32. The van der Waals surface area contributed by atoms with Crippen molar-refractivity contribution < 1.29 is 14.3 Å². The predicted octanol–water partition coefficient (Wildman–Crippen LogP) is 3.16. The van der Waals surface area contributed by atoms with E-state index in [9.17, 15) is 14.3 Å². The Kier molecular flexibility index (Phi) is 3.85. The fourth-order valence-corrected chi connectivity index (χ4v) is 3.34. The molecule has 0 spiro atoms. The first-order valence-electron chi connectivity index (χ1n) is 6.67. The molecule has 6 heteroatoms. The molecule has 0 aromatic heterocycles.